The maximum Gasteiger partial charge on any atom is 0.236 e. The van der Waals surface area contributed by atoms with Crippen LogP contribution in [0.15, 0.2) is 31.0 Å². The van der Waals surface area contributed by atoms with E-state index < -0.39 is 5.82 Å². The summed E-state index contributed by atoms with van der Waals surface area (Å²) in [6.07, 6.45) is 9.38. The van der Waals surface area contributed by atoms with Crippen LogP contribution in [-0.2, 0) is 4.79 Å². The fourth-order valence-electron chi connectivity index (χ4n) is 3.25. The summed E-state index contributed by atoms with van der Waals surface area (Å²) in [5.74, 6) is -0.192. The number of likely N-dealkylation sites (tertiary alicyclic amines) is 1. The number of hydrogen-bond donors (Lipinski definition) is 2. The first-order valence-corrected chi connectivity index (χ1v) is 8.70. The number of amides is 1. The Morgan fingerprint density at radius 2 is 2.26 bits per heavy atom. The molecule has 27 heavy (non-hydrogen) atoms. The van der Waals surface area contributed by atoms with Crippen LogP contribution in [0.2, 0.25) is 0 Å². The first kappa shape index (κ1) is 17.3. The van der Waals surface area contributed by atoms with E-state index >= 15 is 0 Å². The summed E-state index contributed by atoms with van der Waals surface area (Å²) in [7, 11) is 0. The zero-order valence-electron chi connectivity index (χ0n) is 14.5. The number of piperidine rings is 1. The van der Waals surface area contributed by atoms with Gasteiger partial charge in [0.15, 0.2) is 17.5 Å². The third-order valence-corrected chi connectivity index (χ3v) is 4.60. The summed E-state index contributed by atoms with van der Waals surface area (Å²) in [6, 6.07) is -0.0999. The van der Waals surface area contributed by atoms with E-state index in [9.17, 15) is 9.18 Å². The lowest BCUT2D eigenvalue weighted by atomic mass is 10.1. The van der Waals surface area contributed by atoms with Crippen molar-refractivity contribution in [3.63, 3.8) is 0 Å². The van der Waals surface area contributed by atoms with E-state index in [0.29, 0.717) is 24.5 Å². The van der Waals surface area contributed by atoms with E-state index in [0.717, 1.165) is 24.6 Å². The molecule has 1 aliphatic heterocycles. The minimum atomic E-state index is -0.546. The standard InChI is InChI=1S/C17H19FN8O/c18-13-8-21-16(12-7-22-26-5-3-20-9-14(12)26)24-17(13)23-11-2-1-4-25(10-11)15(27)6-19/h3,5,7-9,11H,1-2,4,6,10,19H2,(H,21,23,24)/t11-/m1/s1. The molecule has 1 atom stereocenters. The van der Waals surface area contributed by atoms with Gasteiger partial charge in [0.25, 0.3) is 0 Å². The van der Waals surface area contributed by atoms with Gasteiger partial charge in [0.2, 0.25) is 5.91 Å². The van der Waals surface area contributed by atoms with Crippen LogP contribution in [0.3, 0.4) is 0 Å². The number of nitrogens with one attached hydrogen (secondary N) is 1. The molecule has 0 radical (unpaired) electrons. The summed E-state index contributed by atoms with van der Waals surface area (Å²) >= 11 is 0. The van der Waals surface area contributed by atoms with Gasteiger partial charge in [0.05, 0.1) is 36.2 Å². The SMILES string of the molecule is NCC(=O)N1CCC[C@@H](Nc2nc(-c3cnn4ccncc34)ncc2F)C1. The average molecular weight is 370 g/mol. The number of carbonyl (C=O) groups is 1. The van der Waals surface area contributed by atoms with Crippen molar-refractivity contribution in [2.45, 2.75) is 18.9 Å². The highest BCUT2D eigenvalue weighted by molar-refractivity contribution is 5.78. The monoisotopic (exact) mass is 370 g/mol. The lowest BCUT2D eigenvalue weighted by Gasteiger charge is -2.33. The van der Waals surface area contributed by atoms with Crippen LogP contribution in [0.4, 0.5) is 10.2 Å². The van der Waals surface area contributed by atoms with Gasteiger partial charge in [-0.15, -0.1) is 0 Å². The Kier molecular flexibility index (Phi) is 4.63. The normalized spacial score (nSPS) is 17.3. The molecule has 1 aliphatic rings. The van der Waals surface area contributed by atoms with Crippen LogP contribution < -0.4 is 11.1 Å². The van der Waals surface area contributed by atoms with Crippen LogP contribution >= 0.6 is 0 Å². The molecule has 3 aromatic rings. The Bertz CT molecular complexity index is 974. The Morgan fingerprint density at radius 1 is 1.37 bits per heavy atom. The quantitative estimate of drug-likeness (QED) is 0.694. The highest BCUT2D eigenvalue weighted by atomic mass is 19.1. The minimum absolute atomic E-state index is 0.0263. The number of nitrogens with two attached hydrogens (primary N) is 1. The molecule has 1 fully saturated rings. The van der Waals surface area contributed by atoms with Gasteiger partial charge in [0.1, 0.15) is 0 Å². The molecule has 0 bridgehead atoms. The Balaban J connectivity index is 1.59. The van der Waals surface area contributed by atoms with Crippen LogP contribution in [-0.4, -0.2) is 61.0 Å². The largest absolute Gasteiger partial charge is 0.363 e. The Morgan fingerprint density at radius 3 is 3.11 bits per heavy atom. The summed E-state index contributed by atoms with van der Waals surface area (Å²) < 4.78 is 15.9. The van der Waals surface area contributed by atoms with E-state index in [-0.39, 0.29) is 24.3 Å². The van der Waals surface area contributed by atoms with Gasteiger partial charge in [-0.25, -0.2) is 18.9 Å². The fraction of sp³-hybridized carbons (Fsp3) is 0.353. The molecule has 9 nitrogen and oxygen atoms in total. The van der Waals surface area contributed by atoms with Crippen molar-refractivity contribution in [2.75, 3.05) is 25.0 Å². The number of carbonyl (C=O) groups excluding carboxylic acids is 1. The van der Waals surface area contributed by atoms with Crippen LogP contribution in [0.1, 0.15) is 12.8 Å². The van der Waals surface area contributed by atoms with Crippen molar-refractivity contribution >= 4 is 17.2 Å². The number of fused-ring (bicyclic) bond motifs is 1. The lowest BCUT2D eigenvalue weighted by molar-refractivity contribution is -0.130. The second-order valence-electron chi connectivity index (χ2n) is 6.38. The Labute approximate surface area is 154 Å². The van der Waals surface area contributed by atoms with Crippen molar-refractivity contribution < 1.29 is 9.18 Å². The molecule has 3 aromatic heterocycles. The first-order chi connectivity index (χ1) is 13.2. The van der Waals surface area contributed by atoms with Crippen molar-refractivity contribution in [1.82, 2.24) is 29.5 Å². The number of aromatic nitrogens is 5. The van der Waals surface area contributed by atoms with E-state index in [1.54, 1.807) is 34.2 Å². The smallest absolute Gasteiger partial charge is 0.236 e. The maximum atomic E-state index is 14.3. The van der Waals surface area contributed by atoms with Gasteiger partial charge in [0, 0.05) is 31.5 Å². The number of hydrogen-bond acceptors (Lipinski definition) is 7. The molecule has 0 unspecified atom stereocenters. The molecule has 1 amide bonds. The summed E-state index contributed by atoms with van der Waals surface area (Å²) in [4.78, 5) is 26.0. The molecular weight excluding hydrogens is 351 g/mol. The Hall–Kier alpha value is -3.14. The fourth-order valence-corrected chi connectivity index (χ4v) is 3.25. The molecule has 0 spiro atoms. The summed E-state index contributed by atoms with van der Waals surface area (Å²) in [5.41, 5.74) is 6.83. The average Bonchev–Trinajstić information content (AvgIpc) is 3.13. The first-order valence-electron chi connectivity index (χ1n) is 8.70. The molecule has 1 saturated heterocycles. The lowest BCUT2D eigenvalue weighted by Crippen LogP contribution is -2.47. The zero-order chi connectivity index (χ0) is 18.8. The minimum Gasteiger partial charge on any atom is -0.363 e. The number of nitrogens with zero attached hydrogens (tertiary/aromatic N) is 6. The van der Waals surface area contributed by atoms with E-state index in [4.69, 9.17) is 5.73 Å². The van der Waals surface area contributed by atoms with E-state index in [2.05, 4.69) is 25.4 Å². The van der Waals surface area contributed by atoms with Gasteiger partial charge < -0.3 is 16.0 Å². The summed E-state index contributed by atoms with van der Waals surface area (Å²) in [6.45, 7) is 1.11. The highest BCUT2D eigenvalue weighted by Gasteiger charge is 2.24. The summed E-state index contributed by atoms with van der Waals surface area (Å²) in [5, 5.41) is 7.33. The third-order valence-electron chi connectivity index (χ3n) is 4.60. The highest BCUT2D eigenvalue weighted by Crippen LogP contribution is 2.24. The predicted molar refractivity (Wildman–Crippen MR) is 96.3 cm³/mol. The molecule has 4 rings (SSSR count). The van der Waals surface area contributed by atoms with Crippen molar-refractivity contribution in [3.8, 4) is 11.4 Å². The van der Waals surface area contributed by atoms with E-state index in [1.165, 1.54) is 0 Å². The van der Waals surface area contributed by atoms with Gasteiger partial charge in [-0.2, -0.15) is 5.10 Å². The molecule has 4 heterocycles. The molecule has 0 saturated carbocycles. The molecular formula is C17H19FN8O. The van der Waals surface area contributed by atoms with Crippen LogP contribution in [0.5, 0.6) is 0 Å². The molecule has 140 valence electrons. The van der Waals surface area contributed by atoms with Crippen molar-refractivity contribution in [2.24, 2.45) is 5.73 Å². The second kappa shape index (κ2) is 7.23. The molecule has 3 N–H and O–H groups in total. The zero-order valence-corrected chi connectivity index (χ0v) is 14.5. The third kappa shape index (κ3) is 3.43. The number of anilines is 1. The molecule has 10 heteroatoms. The van der Waals surface area contributed by atoms with E-state index in [1.807, 2.05) is 0 Å². The predicted octanol–water partition coefficient (Wildman–Crippen LogP) is 0.687. The van der Waals surface area contributed by atoms with Crippen LogP contribution in [0.25, 0.3) is 16.9 Å². The molecule has 0 aromatic carbocycles. The van der Waals surface area contributed by atoms with Gasteiger partial charge in [-0.3, -0.25) is 9.78 Å². The van der Waals surface area contributed by atoms with Crippen molar-refractivity contribution in [1.29, 1.82) is 0 Å². The number of rotatable bonds is 4. The van der Waals surface area contributed by atoms with Crippen LogP contribution in [0, 0.1) is 5.82 Å². The maximum absolute atomic E-state index is 14.3. The molecule has 0 aliphatic carbocycles. The number of halogens is 1. The van der Waals surface area contributed by atoms with Gasteiger partial charge in [-0.05, 0) is 12.8 Å². The van der Waals surface area contributed by atoms with Crippen molar-refractivity contribution in [3.05, 3.63) is 36.8 Å². The second-order valence-corrected chi connectivity index (χ2v) is 6.38. The van der Waals surface area contributed by atoms with Gasteiger partial charge >= 0.3 is 0 Å². The van der Waals surface area contributed by atoms with Gasteiger partial charge in [-0.1, -0.05) is 0 Å². The topological polar surface area (TPSA) is 114 Å².